The Morgan fingerprint density at radius 3 is 1.94 bits per heavy atom. The summed E-state index contributed by atoms with van der Waals surface area (Å²) in [5, 5.41) is 0. The van der Waals surface area contributed by atoms with E-state index < -0.39 is 35.9 Å². The lowest BCUT2D eigenvalue weighted by molar-refractivity contribution is -0.179. The standard InChI is InChI=1S/C10H15F3O3/c1-6(10(11,12)13)7(14)5-8(15)16-9(2,3)4/h6H,5H2,1-4H3. The predicted octanol–water partition coefficient (Wildman–Crippen LogP) is 2.49. The molecule has 0 aliphatic heterocycles. The van der Waals surface area contributed by atoms with E-state index in [2.05, 4.69) is 0 Å². The Balaban J connectivity index is 4.32. The molecule has 0 aromatic carbocycles. The van der Waals surface area contributed by atoms with Gasteiger partial charge < -0.3 is 4.74 Å². The van der Waals surface area contributed by atoms with Crippen LogP contribution >= 0.6 is 0 Å². The van der Waals surface area contributed by atoms with Crippen LogP contribution in [0.4, 0.5) is 13.2 Å². The second-order valence-electron chi connectivity index (χ2n) is 4.49. The lowest BCUT2D eigenvalue weighted by Crippen LogP contribution is -2.32. The molecule has 94 valence electrons. The van der Waals surface area contributed by atoms with E-state index in [1.807, 2.05) is 0 Å². The monoisotopic (exact) mass is 240 g/mol. The van der Waals surface area contributed by atoms with E-state index in [1.165, 1.54) is 0 Å². The van der Waals surface area contributed by atoms with E-state index in [9.17, 15) is 22.8 Å². The molecule has 0 rings (SSSR count). The van der Waals surface area contributed by atoms with Crippen LogP contribution in [-0.2, 0) is 14.3 Å². The Morgan fingerprint density at radius 1 is 1.19 bits per heavy atom. The topological polar surface area (TPSA) is 43.4 Å². The highest BCUT2D eigenvalue weighted by Gasteiger charge is 2.41. The second-order valence-corrected chi connectivity index (χ2v) is 4.49. The molecule has 0 aromatic heterocycles. The zero-order valence-corrected chi connectivity index (χ0v) is 9.64. The van der Waals surface area contributed by atoms with Crippen molar-refractivity contribution in [1.29, 1.82) is 0 Å². The van der Waals surface area contributed by atoms with Gasteiger partial charge in [0.2, 0.25) is 0 Å². The molecule has 6 heteroatoms. The molecule has 1 atom stereocenters. The molecule has 0 aromatic rings. The van der Waals surface area contributed by atoms with Gasteiger partial charge in [0.25, 0.3) is 0 Å². The number of Topliss-reactive ketones (excluding diaryl/α,β-unsaturated/α-hetero) is 1. The van der Waals surface area contributed by atoms with Crippen LogP contribution in [-0.4, -0.2) is 23.5 Å². The van der Waals surface area contributed by atoms with Crippen LogP contribution in [0, 0.1) is 5.92 Å². The average Bonchev–Trinajstić information content (AvgIpc) is 1.96. The van der Waals surface area contributed by atoms with Gasteiger partial charge in [-0.1, -0.05) is 0 Å². The van der Waals surface area contributed by atoms with Crippen LogP contribution in [0.15, 0.2) is 0 Å². The molecular formula is C10H15F3O3. The largest absolute Gasteiger partial charge is 0.460 e. The van der Waals surface area contributed by atoms with E-state index in [4.69, 9.17) is 4.74 Å². The summed E-state index contributed by atoms with van der Waals surface area (Å²) in [5.41, 5.74) is -0.807. The summed E-state index contributed by atoms with van der Waals surface area (Å²) in [7, 11) is 0. The molecule has 0 saturated carbocycles. The molecule has 16 heavy (non-hydrogen) atoms. The number of hydrogen-bond donors (Lipinski definition) is 0. The van der Waals surface area contributed by atoms with Gasteiger partial charge in [-0.15, -0.1) is 0 Å². The first-order valence-corrected chi connectivity index (χ1v) is 4.75. The van der Waals surface area contributed by atoms with Crippen molar-refractivity contribution >= 4 is 11.8 Å². The van der Waals surface area contributed by atoms with Gasteiger partial charge in [0, 0.05) is 0 Å². The van der Waals surface area contributed by atoms with Crippen LogP contribution in [0.2, 0.25) is 0 Å². The molecule has 0 fully saturated rings. The van der Waals surface area contributed by atoms with Crippen LogP contribution in [0.25, 0.3) is 0 Å². The number of ketones is 1. The van der Waals surface area contributed by atoms with E-state index >= 15 is 0 Å². The minimum Gasteiger partial charge on any atom is -0.460 e. The quantitative estimate of drug-likeness (QED) is 0.562. The second kappa shape index (κ2) is 4.84. The Morgan fingerprint density at radius 2 is 1.62 bits per heavy atom. The first-order chi connectivity index (χ1) is 6.93. The van der Waals surface area contributed by atoms with Crippen molar-refractivity contribution < 1.29 is 27.5 Å². The predicted molar refractivity (Wildman–Crippen MR) is 50.7 cm³/mol. The number of alkyl halides is 3. The Labute approximate surface area is 92.0 Å². The maximum absolute atomic E-state index is 12.1. The van der Waals surface area contributed by atoms with Crippen molar-refractivity contribution in [3.63, 3.8) is 0 Å². The summed E-state index contributed by atoms with van der Waals surface area (Å²) in [6.45, 7) is 5.44. The number of ether oxygens (including phenoxy) is 1. The summed E-state index contributed by atoms with van der Waals surface area (Å²) in [6, 6.07) is 0. The molecule has 0 bridgehead atoms. The normalized spacial score (nSPS) is 14.4. The highest BCUT2D eigenvalue weighted by Crippen LogP contribution is 2.27. The van der Waals surface area contributed by atoms with Crippen molar-refractivity contribution in [3.05, 3.63) is 0 Å². The number of hydrogen-bond acceptors (Lipinski definition) is 3. The minimum atomic E-state index is -4.61. The minimum absolute atomic E-state index is 0.729. The molecular weight excluding hydrogens is 225 g/mol. The van der Waals surface area contributed by atoms with Gasteiger partial charge in [-0.2, -0.15) is 13.2 Å². The van der Waals surface area contributed by atoms with Crippen molar-refractivity contribution in [2.75, 3.05) is 0 Å². The van der Waals surface area contributed by atoms with Crippen molar-refractivity contribution in [2.24, 2.45) is 5.92 Å². The molecule has 0 radical (unpaired) electrons. The molecule has 0 spiro atoms. The summed E-state index contributed by atoms with van der Waals surface area (Å²) < 4.78 is 41.1. The fourth-order valence-corrected chi connectivity index (χ4v) is 0.855. The number of esters is 1. The fraction of sp³-hybridized carbons (Fsp3) is 0.800. The zero-order valence-electron chi connectivity index (χ0n) is 9.64. The maximum Gasteiger partial charge on any atom is 0.398 e. The van der Waals surface area contributed by atoms with Gasteiger partial charge in [0.05, 0.1) is 0 Å². The Hall–Kier alpha value is -1.07. The van der Waals surface area contributed by atoms with Crippen LogP contribution in [0.5, 0.6) is 0 Å². The molecule has 0 aliphatic rings. The van der Waals surface area contributed by atoms with Gasteiger partial charge in [-0.3, -0.25) is 9.59 Å². The summed E-state index contributed by atoms with van der Waals surface area (Å²) in [4.78, 5) is 22.2. The van der Waals surface area contributed by atoms with E-state index in [1.54, 1.807) is 20.8 Å². The van der Waals surface area contributed by atoms with Crippen molar-refractivity contribution in [3.8, 4) is 0 Å². The van der Waals surface area contributed by atoms with E-state index in [0.29, 0.717) is 0 Å². The highest BCUT2D eigenvalue weighted by atomic mass is 19.4. The van der Waals surface area contributed by atoms with Gasteiger partial charge in [-0.05, 0) is 27.7 Å². The van der Waals surface area contributed by atoms with Gasteiger partial charge >= 0.3 is 12.1 Å². The SMILES string of the molecule is CC(C(=O)CC(=O)OC(C)(C)C)C(F)(F)F. The zero-order chi connectivity index (χ0) is 13.1. The number of halogens is 3. The fourth-order valence-electron chi connectivity index (χ4n) is 0.855. The van der Waals surface area contributed by atoms with Crippen LogP contribution in [0.3, 0.4) is 0 Å². The number of rotatable bonds is 3. The van der Waals surface area contributed by atoms with Gasteiger partial charge in [0.15, 0.2) is 5.78 Å². The maximum atomic E-state index is 12.1. The molecule has 0 heterocycles. The van der Waals surface area contributed by atoms with E-state index in [-0.39, 0.29) is 0 Å². The van der Waals surface area contributed by atoms with Gasteiger partial charge in [0.1, 0.15) is 17.9 Å². The first kappa shape index (κ1) is 14.9. The van der Waals surface area contributed by atoms with Crippen molar-refractivity contribution in [2.45, 2.75) is 45.9 Å². The Kier molecular flexibility index (Phi) is 4.52. The van der Waals surface area contributed by atoms with Crippen LogP contribution in [0.1, 0.15) is 34.1 Å². The molecule has 0 amide bonds. The van der Waals surface area contributed by atoms with E-state index in [0.717, 1.165) is 6.92 Å². The molecule has 3 nitrogen and oxygen atoms in total. The smallest absolute Gasteiger partial charge is 0.398 e. The lowest BCUT2D eigenvalue weighted by atomic mass is 10.0. The molecule has 0 N–H and O–H groups in total. The summed E-state index contributed by atoms with van der Waals surface area (Å²) in [6.07, 6.45) is -5.46. The summed E-state index contributed by atoms with van der Waals surface area (Å²) >= 11 is 0. The third kappa shape index (κ3) is 5.72. The molecule has 1 unspecified atom stereocenters. The summed E-state index contributed by atoms with van der Waals surface area (Å²) in [5.74, 6) is -4.25. The third-order valence-corrected chi connectivity index (χ3v) is 1.71. The number of carbonyl (C=O) groups is 2. The average molecular weight is 240 g/mol. The van der Waals surface area contributed by atoms with Crippen LogP contribution < -0.4 is 0 Å². The van der Waals surface area contributed by atoms with Crippen molar-refractivity contribution in [1.82, 2.24) is 0 Å². The highest BCUT2D eigenvalue weighted by molar-refractivity contribution is 5.97. The lowest BCUT2D eigenvalue weighted by Gasteiger charge is -2.20. The third-order valence-electron chi connectivity index (χ3n) is 1.71. The van der Waals surface area contributed by atoms with Gasteiger partial charge in [-0.25, -0.2) is 0 Å². The molecule has 0 aliphatic carbocycles. The number of carbonyl (C=O) groups excluding carboxylic acids is 2. The Bertz CT molecular complexity index is 276. The molecule has 0 saturated heterocycles. The first-order valence-electron chi connectivity index (χ1n) is 4.75.